The number of rotatable bonds is 2. The molecule has 0 radical (unpaired) electrons. The highest BCUT2D eigenvalue weighted by atomic mass is 19.1. The standard InChI is InChI=1S/C13H18FNO/c1-9-6-10(8-16)13(15,7-9)11-4-2-3-5-12(11)14/h2-5,9-10,16H,6-8,15H2,1H3/t9-,10-,13-/m0/s1. The minimum absolute atomic E-state index is 0.0230. The molecule has 3 N–H and O–H groups in total. The molecule has 0 spiro atoms. The first-order valence-corrected chi connectivity index (χ1v) is 5.72. The normalized spacial score (nSPS) is 34.2. The van der Waals surface area contributed by atoms with E-state index in [1.165, 1.54) is 6.07 Å². The molecule has 3 heteroatoms. The molecule has 0 aromatic heterocycles. The molecule has 2 rings (SSSR count). The smallest absolute Gasteiger partial charge is 0.128 e. The van der Waals surface area contributed by atoms with Crippen LogP contribution in [0.5, 0.6) is 0 Å². The van der Waals surface area contributed by atoms with Crippen molar-refractivity contribution in [2.45, 2.75) is 25.3 Å². The summed E-state index contributed by atoms with van der Waals surface area (Å²) in [7, 11) is 0. The van der Waals surface area contributed by atoms with E-state index in [4.69, 9.17) is 5.73 Å². The van der Waals surface area contributed by atoms with Gasteiger partial charge in [0.25, 0.3) is 0 Å². The molecule has 0 saturated heterocycles. The first-order chi connectivity index (χ1) is 7.58. The molecule has 1 fully saturated rings. The van der Waals surface area contributed by atoms with Crippen LogP contribution in [0.4, 0.5) is 4.39 Å². The maximum absolute atomic E-state index is 13.8. The van der Waals surface area contributed by atoms with Gasteiger partial charge >= 0.3 is 0 Å². The summed E-state index contributed by atoms with van der Waals surface area (Å²) in [6.45, 7) is 2.12. The van der Waals surface area contributed by atoms with E-state index in [9.17, 15) is 9.50 Å². The van der Waals surface area contributed by atoms with Crippen LogP contribution in [0.2, 0.25) is 0 Å². The third-order valence-electron chi connectivity index (χ3n) is 3.70. The van der Waals surface area contributed by atoms with Crippen LogP contribution in [0.25, 0.3) is 0 Å². The SMILES string of the molecule is C[C@H]1C[C@@H](CO)[C@](N)(c2ccccc2F)C1. The highest BCUT2D eigenvalue weighted by Gasteiger charge is 2.44. The third kappa shape index (κ3) is 1.74. The Morgan fingerprint density at radius 2 is 2.19 bits per heavy atom. The summed E-state index contributed by atoms with van der Waals surface area (Å²) in [5.41, 5.74) is 6.16. The van der Waals surface area contributed by atoms with Gasteiger partial charge in [-0.25, -0.2) is 4.39 Å². The second-order valence-electron chi connectivity index (χ2n) is 4.94. The van der Waals surface area contributed by atoms with Crippen molar-refractivity contribution >= 4 is 0 Å². The molecule has 0 heterocycles. The van der Waals surface area contributed by atoms with Crippen LogP contribution in [0.15, 0.2) is 24.3 Å². The van der Waals surface area contributed by atoms with E-state index in [2.05, 4.69) is 6.92 Å². The average molecular weight is 223 g/mol. The summed E-state index contributed by atoms with van der Waals surface area (Å²) in [6.07, 6.45) is 1.60. The van der Waals surface area contributed by atoms with Crippen molar-refractivity contribution in [1.29, 1.82) is 0 Å². The lowest BCUT2D eigenvalue weighted by molar-refractivity contribution is 0.171. The van der Waals surface area contributed by atoms with Crippen LogP contribution < -0.4 is 5.73 Å². The molecule has 2 nitrogen and oxygen atoms in total. The first-order valence-electron chi connectivity index (χ1n) is 5.72. The minimum atomic E-state index is -0.709. The molecule has 0 amide bonds. The van der Waals surface area contributed by atoms with E-state index in [1.807, 2.05) is 0 Å². The monoisotopic (exact) mass is 223 g/mol. The zero-order valence-corrected chi connectivity index (χ0v) is 9.49. The van der Waals surface area contributed by atoms with Gasteiger partial charge in [-0.05, 0) is 24.8 Å². The highest BCUT2D eigenvalue weighted by Crippen LogP contribution is 2.44. The number of benzene rings is 1. The van der Waals surface area contributed by atoms with Gasteiger partial charge in [0.2, 0.25) is 0 Å². The topological polar surface area (TPSA) is 46.2 Å². The summed E-state index contributed by atoms with van der Waals surface area (Å²) >= 11 is 0. The predicted octanol–water partition coefficient (Wildman–Crippen LogP) is 2.02. The fourth-order valence-corrected chi connectivity index (χ4v) is 2.93. The number of aliphatic hydroxyl groups is 1. The number of aliphatic hydroxyl groups excluding tert-OH is 1. The van der Waals surface area contributed by atoms with Gasteiger partial charge in [0.05, 0.1) is 0 Å². The summed E-state index contributed by atoms with van der Waals surface area (Å²) < 4.78 is 13.8. The van der Waals surface area contributed by atoms with Gasteiger partial charge in [0.1, 0.15) is 5.82 Å². The number of hydrogen-bond acceptors (Lipinski definition) is 2. The lowest BCUT2D eigenvalue weighted by Crippen LogP contribution is -2.42. The van der Waals surface area contributed by atoms with Crippen molar-refractivity contribution in [2.24, 2.45) is 17.6 Å². The molecule has 0 unspecified atom stereocenters. The van der Waals surface area contributed by atoms with Crippen LogP contribution in [0, 0.1) is 17.7 Å². The van der Waals surface area contributed by atoms with Crippen LogP contribution >= 0.6 is 0 Å². The van der Waals surface area contributed by atoms with Gasteiger partial charge in [-0.1, -0.05) is 25.1 Å². The van der Waals surface area contributed by atoms with E-state index in [1.54, 1.807) is 18.2 Å². The molecular weight excluding hydrogens is 205 g/mol. The summed E-state index contributed by atoms with van der Waals surface area (Å²) in [5, 5.41) is 9.37. The number of hydrogen-bond donors (Lipinski definition) is 2. The average Bonchev–Trinajstić information content (AvgIpc) is 2.55. The van der Waals surface area contributed by atoms with Crippen molar-refractivity contribution in [3.63, 3.8) is 0 Å². The largest absolute Gasteiger partial charge is 0.396 e. The van der Waals surface area contributed by atoms with Gasteiger partial charge in [-0.3, -0.25) is 0 Å². The third-order valence-corrected chi connectivity index (χ3v) is 3.70. The lowest BCUT2D eigenvalue weighted by atomic mass is 9.81. The minimum Gasteiger partial charge on any atom is -0.396 e. The second-order valence-corrected chi connectivity index (χ2v) is 4.94. The summed E-state index contributed by atoms with van der Waals surface area (Å²) in [4.78, 5) is 0. The quantitative estimate of drug-likeness (QED) is 0.805. The van der Waals surface area contributed by atoms with E-state index in [-0.39, 0.29) is 18.3 Å². The fourth-order valence-electron chi connectivity index (χ4n) is 2.93. The highest BCUT2D eigenvalue weighted by molar-refractivity contribution is 5.28. The molecule has 1 aromatic rings. The van der Waals surface area contributed by atoms with Crippen LogP contribution in [0.3, 0.4) is 0 Å². The van der Waals surface area contributed by atoms with E-state index < -0.39 is 5.54 Å². The molecular formula is C13H18FNO. The van der Waals surface area contributed by atoms with Gasteiger partial charge in [0, 0.05) is 23.6 Å². The van der Waals surface area contributed by atoms with Gasteiger partial charge in [0.15, 0.2) is 0 Å². The van der Waals surface area contributed by atoms with Crippen LogP contribution in [0.1, 0.15) is 25.3 Å². The molecule has 0 aliphatic heterocycles. The molecule has 1 aliphatic carbocycles. The number of halogens is 1. The molecule has 1 aromatic carbocycles. The Bertz CT molecular complexity index is 382. The zero-order chi connectivity index (χ0) is 11.8. The van der Waals surface area contributed by atoms with Crippen molar-refractivity contribution < 1.29 is 9.50 Å². The zero-order valence-electron chi connectivity index (χ0n) is 9.49. The Hall–Kier alpha value is -0.930. The maximum Gasteiger partial charge on any atom is 0.128 e. The number of nitrogens with two attached hydrogens (primary N) is 1. The Labute approximate surface area is 95.3 Å². The molecule has 1 saturated carbocycles. The van der Waals surface area contributed by atoms with Gasteiger partial charge in [-0.2, -0.15) is 0 Å². The Morgan fingerprint density at radius 3 is 2.81 bits per heavy atom. The van der Waals surface area contributed by atoms with Crippen molar-refractivity contribution in [2.75, 3.05) is 6.61 Å². The molecule has 3 atom stereocenters. The van der Waals surface area contributed by atoms with Crippen molar-refractivity contribution in [3.8, 4) is 0 Å². The summed E-state index contributed by atoms with van der Waals surface area (Å²) in [5.74, 6) is 0.124. The second kappa shape index (κ2) is 4.15. The van der Waals surface area contributed by atoms with Crippen LogP contribution in [-0.4, -0.2) is 11.7 Å². The Balaban J connectivity index is 2.41. The van der Waals surface area contributed by atoms with E-state index >= 15 is 0 Å². The fraction of sp³-hybridized carbons (Fsp3) is 0.538. The summed E-state index contributed by atoms with van der Waals surface area (Å²) in [6, 6.07) is 6.62. The van der Waals surface area contributed by atoms with E-state index in [0.717, 1.165) is 12.8 Å². The molecule has 88 valence electrons. The van der Waals surface area contributed by atoms with Crippen molar-refractivity contribution in [3.05, 3.63) is 35.6 Å². The lowest BCUT2D eigenvalue weighted by Gasteiger charge is -2.31. The maximum atomic E-state index is 13.8. The molecule has 1 aliphatic rings. The van der Waals surface area contributed by atoms with Crippen LogP contribution in [-0.2, 0) is 5.54 Å². The molecule has 16 heavy (non-hydrogen) atoms. The van der Waals surface area contributed by atoms with E-state index in [0.29, 0.717) is 11.5 Å². The molecule has 0 bridgehead atoms. The first kappa shape index (κ1) is 11.6. The van der Waals surface area contributed by atoms with Gasteiger partial charge < -0.3 is 10.8 Å². The predicted molar refractivity (Wildman–Crippen MR) is 61.2 cm³/mol. The Morgan fingerprint density at radius 1 is 1.50 bits per heavy atom. The van der Waals surface area contributed by atoms with Gasteiger partial charge in [-0.15, -0.1) is 0 Å². The van der Waals surface area contributed by atoms with Crippen molar-refractivity contribution in [1.82, 2.24) is 0 Å². The Kier molecular flexibility index (Phi) is 3.00.